The molecule has 8 aromatic rings. The van der Waals surface area contributed by atoms with Crippen LogP contribution in [0.25, 0.3) is 43.6 Å². The second-order valence-corrected chi connectivity index (χ2v) is 13.5. The summed E-state index contributed by atoms with van der Waals surface area (Å²) in [5.74, 6) is -1.92. The van der Waals surface area contributed by atoms with Gasteiger partial charge in [-0.05, 0) is 71.1 Å². The van der Waals surface area contributed by atoms with Crippen LogP contribution in [0, 0.1) is 3.57 Å². The number of benzene rings is 4. The van der Waals surface area contributed by atoms with E-state index in [1.54, 1.807) is 50.5 Å². The average molecular weight is 932 g/mol. The SMILES string of the molecule is CON(C)C(=O)c1n[nH]c2ccc(C=O)cc12.CON(C)C(=O)c1n[nH]c2ccc(I)cc12.CON(C)C(=O)c1n[nH]c2ccccc12.O=C(O)c1n[nH]c2ccccc12. The number of hydrogen-bond donors (Lipinski definition) is 5. The molecule has 0 radical (unpaired) electrons. The third kappa shape index (κ3) is 9.95. The van der Waals surface area contributed by atoms with Crippen LogP contribution in [-0.4, -0.2) is 134 Å². The molecule has 4 aromatic carbocycles. The van der Waals surface area contributed by atoms with Crippen LogP contribution >= 0.6 is 22.6 Å². The summed E-state index contributed by atoms with van der Waals surface area (Å²) < 4.78 is 1.06. The number of carbonyl (C=O) groups is 5. The molecule has 5 N–H and O–H groups in total. The van der Waals surface area contributed by atoms with Gasteiger partial charge in [-0.25, -0.2) is 20.0 Å². The summed E-state index contributed by atoms with van der Waals surface area (Å²) in [6.07, 6.45) is 0.723. The van der Waals surface area contributed by atoms with Crippen molar-refractivity contribution in [2.45, 2.75) is 0 Å². The fourth-order valence-corrected chi connectivity index (χ4v) is 5.86. The van der Waals surface area contributed by atoms with Gasteiger partial charge in [0, 0.05) is 51.8 Å². The Morgan fingerprint density at radius 2 is 0.917 bits per heavy atom. The van der Waals surface area contributed by atoms with Crippen molar-refractivity contribution < 1.29 is 43.6 Å². The molecular weight excluding hydrogens is 893 g/mol. The zero-order chi connectivity index (χ0) is 43.5. The fourth-order valence-electron chi connectivity index (χ4n) is 5.37. The number of hydroxylamine groups is 6. The number of aromatic carboxylic acids is 1. The number of hydrogen-bond acceptors (Lipinski definition) is 12. The summed E-state index contributed by atoms with van der Waals surface area (Å²) in [7, 11) is 8.86. The molecule has 0 unspecified atom stereocenters. The second-order valence-electron chi connectivity index (χ2n) is 12.3. The molecule has 0 bridgehead atoms. The number of aromatic nitrogens is 8. The van der Waals surface area contributed by atoms with Crippen LogP contribution in [0.15, 0.2) is 84.9 Å². The van der Waals surface area contributed by atoms with Crippen molar-refractivity contribution in [2.75, 3.05) is 42.5 Å². The molecule has 0 fully saturated rings. The van der Waals surface area contributed by atoms with Gasteiger partial charge in [0.05, 0.1) is 43.4 Å². The number of aromatic amines is 4. The van der Waals surface area contributed by atoms with Crippen LogP contribution in [0.4, 0.5) is 0 Å². The Bertz CT molecular complexity index is 2800. The Labute approximate surface area is 353 Å². The minimum atomic E-state index is -1.01. The van der Waals surface area contributed by atoms with E-state index in [9.17, 15) is 24.0 Å². The predicted octanol–water partition coefficient (Wildman–Crippen LogP) is 5.27. The number of carboxylic acids is 1. The Morgan fingerprint density at radius 3 is 1.35 bits per heavy atom. The maximum Gasteiger partial charge on any atom is 0.357 e. The number of carbonyl (C=O) groups excluding carboxylic acids is 4. The number of amides is 3. The van der Waals surface area contributed by atoms with Crippen LogP contribution in [0.1, 0.15) is 52.3 Å². The molecule has 0 saturated heterocycles. The van der Waals surface area contributed by atoms with E-state index in [2.05, 4.69) is 63.4 Å². The Morgan fingerprint density at radius 1 is 0.550 bits per heavy atom. The van der Waals surface area contributed by atoms with Gasteiger partial charge in [-0.3, -0.25) is 54.1 Å². The van der Waals surface area contributed by atoms with Crippen molar-refractivity contribution in [1.29, 1.82) is 0 Å². The van der Waals surface area contributed by atoms with Gasteiger partial charge in [-0.1, -0.05) is 36.4 Å². The second kappa shape index (κ2) is 20.1. The Balaban J connectivity index is 0.000000153. The predicted molar refractivity (Wildman–Crippen MR) is 227 cm³/mol. The van der Waals surface area contributed by atoms with Gasteiger partial charge < -0.3 is 5.11 Å². The highest BCUT2D eigenvalue weighted by atomic mass is 127. The molecule has 4 aromatic heterocycles. The first-order chi connectivity index (χ1) is 28.8. The highest BCUT2D eigenvalue weighted by molar-refractivity contribution is 14.1. The van der Waals surface area contributed by atoms with Gasteiger partial charge >= 0.3 is 5.97 Å². The van der Waals surface area contributed by atoms with Crippen LogP contribution < -0.4 is 0 Å². The number of nitrogens with one attached hydrogen (secondary N) is 4. The molecule has 21 heteroatoms. The van der Waals surface area contributed by atoms with E-state index in [4.69, 9.17) is 19.6 Å². The first kappa shape index (κ1) is 44.0. The summed E-state index contributed by atoms with van der Waals surface area (Å²) in [4.78, 5) is 71.3. The molecular formula is C39H38IN11O9. The maximum absolute atomic E-state index is 11.9. The monoisotopic (exact) mass is 931 g/mol. The van der Waals surface area contributed by atoms with Crippen molar-refractivity contribution in [3.63, 3.8) is 0 Å². The molecule has 0 aliphatic heterocycles. The van der Waals surface area contributed by atoms with E-state index >= 15 is 0 Å². The largest absolute Gasteiger partial charge is 0.476 e. The van der Waals surface area contributed by atoms with Crippen LogP contribution in [-0.2, 0) is 14.5 Å². The molecule has 0 spiro atoms. The molecule has 0 atom stereocenters. The van der Waals surface area contributed by atoms with E-state index < -0.39 is 5.97 Å². The third-order valence-electron chi connectivity index (χ3n) is 8.68. The molecule has 60 heavy (non-hydrogen) atoms. The van der Waals surface area contributed by atoms with Crippen molar-refractivity contribution in [2.24, 2.45) is 0 Å². The van der Waals surface area contributed by atoms with Crippen molar-refractivity contribution in [1.82, 2.24) is 56.0 Å². The lowest BCUT2D eigenvalue weighted by Crippen LogP contribution is -2.25. The van der Waals surface area contributed by atoms with Crippen molar-refractivity contribution >= 4 is 96.2 Å². The van der Waals surface area contributed by atoms with E-state index in [0.717, 1.165) is 52.4 Å². The Kier molecular flexibility index (Phi) is 14.7. The van der Waals surface area contributed by atoms with E-state index in [0.29, 0.717) is 33.2 Å². The molecule has 0 aliphatic rings. The molecule has 0 aliphatic carbocycles. The highest BCUT2D eigenvalue weighted by Crippen LogP contribution is 2.21. The number of nitrogens with zero attached hydrogens (tertiary/aromatic N) is 7. The standard InChI is InChI=1S/C11H11N3O3.C10H10IN3O2.C10H11N3O2.C8H6N2O2/c1-14(17-2)11(16)10-8-5-7(6-15)3-4-9(8)12-13-10;1-14(16-2)10(15)9-7-5-6(11)3-4-8(7)12-13-9;1-13(15-2)10(14)9-7-5-3-4-6-8(7)11-12-9;11-8(12)7-5-3-1-2-4-6(5)9-10-7/h3-6H,1-2H3,(H,12,13);3-5H,1-2H3,(H,12,13);3-6H,1-2H3,(H,11,12);1-4H,(H,9,10)(H,11,12). The minimum absolute atomic E-state index is 0.0746. The quantitative estimate of drug-likeness (QED) is 0.0741. The van der Waals surface area contributed by atoms with Crippen LogP contribution in [0.5, 0.6) is 0 Å². The minimum Gasteiger partial charge on any atom is -0.476 e. The number of halogens is 1. The first-order valence-corrected chi connectivity index (χ1v) is 18.5. The number of para-hydroxylation sites is 2. The zero-order valence-electron chi connectivity index (χ0n) is 32.9. The number of aldehydes is 1. The van der Waals surface area contributed by atoms with E-state index in [1.807, 2.05) is 48.5 Å². The maximum atomic E-state index is 11.9. The van der Waals surface area contributed by atoms with Crippen LogP contribution in [0.3, 0.4) is 0 Å². The zero-order valence-corrected chi connectivity index (χ0v) is 35.0. The third-order valence-corrected chi connectivity index (χ3v) is 9.35. The van der Waals surface area contributed by atoms with E-state index in [-0.39, 0.29) is 29.1 Å². The number of rotatable bonds is 8. The van der Waals surface area contributed by atoms with Crippen LogP contribution in [0.2, 0.25) is 0 Å². The number of H-pyrrole nitrogens is 4. The lowest BCUT2D eigenvalue weighted by atomic mass is 10.1. The number of carboxylic acid groups (broad SMARTS) is 1. The average Bonchev–Trinajstić information content (AvgIpc) is 4.10. The summed E-state index contributed by atoms with van der Waals surface area (Å²) in [5, 5.41) is 41.5. The molecule has 20 nitrogen and oxygen atoms in total. The summed E-state index contributed by atoms with van der Waals surface area (Å²) in [6.45, 7) is 0. The summed E-state index contributed by atoms with van der Waals surface area (Å²) in [6, 6.07) is 25.3. The lowest BCUT2D eigenvalue weighted by Gasteiger charge is -2.11. The van der Waals surface area contributed by atoms with Gasteiger partial charge in [-0.2, -0.15) is 20.4 Å². The van der Waals surface area contributed by atoms with Gasteiger partial charge in [0.2, 0.25) is 0 Å². The van der Waals surface area contributed by atoms with Gasteiger partial charge in [0.1, 0.15) is 6.29 Å². The van der Waals surface area contributed by atoms with E-state index in [1.165, 1.54) is 28.4 Å². The number of fused-ring (bicyclic) bond motifs is 4. The fraction of sp³-hybridized carbons (Fsp3) is 0.154. The highest BCUT2D eigenvalue weighted by Gasteiger charge is 2.20. The Hall–Kier alpha value is -7.08. The van der Waals surface area contributed by atoms with Gasteiger partial charge in [0.25, 0.3) is 17.7 Å². The molecule has 310 valence electrons. The molecule has 3 amide bonds. The summed E-state index contributed by atoms with van der Waals surface area (Å²) >= 11 is 2.19. The molecule has 4 heterocycles. The van der Waals surface area contributed by atoms with Gasteiger partial charge in [-0.15, -0.1) is 0 Å². The smallest absolute Gasteiger partial charge is 0.357 e. The summed E-state index contributed by atoms with van der Waals surface area (Å²) in [5.41, 5.74) is 4.66. The van der Waals surface area contributed by atoms with Gasteiger partial charge in [0.15, 0.2) is 22.8 Å². The topological polar surface area (TPSA) is 258 Å². The normalized spacial score (nSPS) is 10.5. The first-order valence-electron chi connectivity index (χ1n) is 17.5. The van der Waals surface area contributed by atoms with Crippen molar-refractivity contribution in [3.8, 4) is 0 Å². The molecule has 0 saturated carbocycles. The molecule has 8 rings (SSSR count). The lowest BCUT2D eigenvalue weighted by molar-refractivity contribution is -0.0759. The van der Waals surface area contributed by atoms with Crippen molar-refractivity contribution in [3.05, 3.63) is 117 Å².